The van der Waals surface area contributed by atoms with Crippen molar-refractivity contribution >= 4 is 23.6 Å². The summed E-state index contributed by atoms with van der Waals surface area (Å²) in [7, 11) is 0. The number of nitrogens with zero attached hydrogens (tertiary/aromatic N) is 4. The molecule has 1 fully saturated rings. The Hall–Kier alpha value is -3.14. The Kier molecular flexibility index (Phi) is 6.20. The van der Waals surface area contributed by atoms with Crippen molar-refractivity contribution in [2.24, 2.45) is 0 Å². The molecule has 1 amide bonds. The quantitative estimate of drug-likeness (QED) is 0.518. The van der Waals surface area contributed by atoms with Gasteiger partial charge in [0.2, 0.25) is 11.9 Å². The van der Waals surface area contributed by atoms with Gasteiger partial charge in [0, 0.05) is 13.1 Å². The first-order valence-corrected chi connectivity index (χ1v) is 11.7. The standard InChI is InChI=1S/C22H25N5O4S/c28-20(23-12-17-14-30-18-7-1-2-8-19(18)31-17)15-32-22-25-24-21(26-9-3-4-10-26)27(22)13-16-6-5-11-29-16/h1-2,5-8,11,17H,3-4,9-10,12-15H2,(H,23,28). The lowest BCUT2D eigenvalue weighted by molar-refractivity contribution is -0.119. The third kappa shape index (κ3) is 4.69. The summed E-state index contributed by atoms with van der Waals surface area (Å²) < 4.78 is 19.1. The van der Waals surface area contributed by atoms with Gasteiger partial charge >= 0.3 is 0 Å². The van der Waals surface area contributed by atoms with Gasteiger partial charge in [0.05, 0.1) is 25.1 Å². The number of thioether (sulfide) groups is 1. The van der Waals surface area contributed by atoms with Crippen LogP contribution in [0.25, 0.3) is 0 Å². The number of nitrogens with one attached hydrogen (secondary N) is 1. The summed E-state index contributed by atoms with van der Waals surface area (Å²) in [6.07, 6.45) is 3.74. The SMILES string of the molecule is O=C(CSc1nnc(N2CCCC2)n1Cc1ccco1)NCC1COc2ccccc2O1. The molecule has 0 saturated carbocycles. The average molecular weight is 456 g/mol. The summed E-state index contributed by atoms with van der Waals surface area (Å²) in [5.41, 5.74) is 0. The van der Waals surface area contributed by atoms with E-state index < -0.39 is 0 Å². The number of aromatic nitrogens is 3. The molecule has 0 bridgehead atoms. The van der Waals surface area contributed by atoms with E-state index in [1.807, 2.05) is 41.0 Å². The molecule has 0 radical (unpaired) electrons. The summed E-state index contributed by atoms with van der Waals surface area (Å²) in [6, 6.07) is 11.3. The van der Waals surface area contributed by atoms with Crippen LogP contribution in [0.4, 0.5) is 5.95 Å². The molecule has 1 unspecified atom stereocenters. The molecule has 2 aromatic heterocycles. The number of rotatable bonds is 8. The molecule has 4 heterocycles. The molecular weight excluding hydrogens is 430 g/mol. The minimum Gasteiger partial charge on any atom is -0.486 e. The second kappa shape index (κ2) is 9.56. The molecule has 3 aromatic rings. The fourth-order valence-electron chi connectivity index (χ4n) is 3.81. The molecule has 5 rings (SSSR count). The maximum Gasteiger partial charge on any atom is 0.230 e. The van der Waals surface area contributed by atoms with Crippen LogP contribution in [0.3, 0.4) is 0 Å². The molecule has 32 heavy (non-hydrogen) atoms. The van der Waals surface area contributed by atoms with Crippen LogP contribution in [0, 0.1) is 0 Å². The van der Waals surface area contributed by atoms with Crippen molar-refractivity contribution in [1.82, 2.24) is 20.1 Å². The van der Waals surface area contributed by atoms with Crippen LogP contribution < -0.4 is 19.7 Å². The van der Waals surface area contributed by atoms with Crippen molar-refractivity contribution in [1.29, 1.82) is 0 Å². The third-order valence-corrected chi connectivity index (χ3v) is 6.37. The molecule has 1 saturated heterocycles. The van der Waals surface area contributed by atoms with Crippen molar-refractivity contribution in [3.8, 4) is 11.5 Å². The topological polar surface area (TPSA) is 94.7 Å². The van der Waals surface area contributed by atoms with E-state index in [9.17, 15) is 4.79 Å². The zero-order valence-electron chi connectivity index (χ0n) is 17.6. The lowest BCUT2D eigenvalue weighted by Gasteiger charge is -2.26. The van der Waals surface area contributed by atoms with Gasteiger partial charge in [0.25, 0.3) is 0 Å². The van der Waals surface area contributed by atoms with E-state index in [0.29, 0.717) is 30.6 Å². The highest BCUT2D eigenvalue weighted by Gasteiger charge is 2.24. The van der Waals surface area contributed by atoms with Gasteiger partial charge in [-0.25, -0.2) is 0 Å². The number of anilines is 1. The number of amides is 1. The zero-order valence-corrected chi connectivity index (χ0v) is 18.4. The second-order valence-electron chi connectivity index (χ2n) is 7.73. The predicted molar refractivity (Wildman–Crippen MR) is 119 cm³/mol. The van der Waals surface area contributed by atoms with Gasteiger partial charge in [0.15, 0.2) is 16.7 Å². The van der Waals surface area contributed by atoms with Gasteiger partial charge in [-0.05, 0) is 37.1 Å². The largest absolute Gasteiger partial charge is 0.486 e. The molecule has 2 aliphatic heterocycles. The molecule has 9 nitrogen and oxygen atoms in total. The van der Waals surface area contributed by atoms with E-state index in [4.69, 9.17) is 13.9 Å². The maximum absolute atomic E-state index is 12.5. The first kappa shape index (κ1) is 20.7. The van der Waals surface area contributed by atoms with E-state index in [1.165, 1.54) is 11.8 Å². The van der Waals surface area contributed by atoms with Gasteiger partial charge in [0.1, 0.15) is 18.5 Å². The minimum atomic E-state index is -0.219. The Bertz CT molecular complexity index is 1050. The molecular formula is C22H25N5O4S. The number of furan rings is 1. The monoisotopic (exact) mass is 455 g/mol. The van der Waals surface area contributed by atoms with E-state index in [1.54, 1.807) is 6.26 Å². The Morgan fingerprint density at radius 2 is 1.97 bits per heavy atom. The Balaban J connectivity index is 1.17. The van der Waals surface area contributed by atoms with Gasteiger partial charge < -0.3 is 24.1 Å². The number of hydrogen-bond donors (Lipinski definition) is 1. The summed E-state index contributed by atoms with van der Waals surface area (Å²) in [5.74, 6) is 3.23. The number of ether oxygens (including phenoxy) is 2. The fraction of sp³-hybridized carbons (Fsp3) is 0.409. The highest BCUT2D eigenvalue weighted by atomic mass is 32.2. The van der Waals surface area contributed by atoms with E-state index >= 15 is 0 Å². The van der Waals surface area contributed by atoms with Crippen LogP contribution in [0.1, 0.15) is 18.6 Å². The van der Waals surface area contributed by atoms with Crippen LogP contribution in [-0.2, 0) is 11.3 Å². The summed E-state index contributed by atoms with van der Waals surface area (Å²) in [4.78, 5) is 14.7. The molecule has 168 valence electrons. The molecule has 0 spiro atoms. The average Bonchev–Trinajstić information content (AvgIpc) is 3.59. The Morgan fingerprint density at radius 3 is 2.78 bits per heavy atom. The maximum atomic E-state index is 12.5. The lowest BCUT2D eigenvalue weighted by Crippen LogP contribution is -2.41. The predicted octanol–water partition coefficient (Wildman–Crippen LogP) is 2.57. The van der Waals surface area contributed by atoms with Crippen molar-refractivity contribution < 1.29 is 18.7 Å². The Morgan fingerprint density at radius 1 is 1.12 bits per heavy atom. The Labute approximate surface area is 190 Å². The highest BCUT2D eigenvalue weighted by molar-refractivity contribution is 7.99. The summed E-state index contributed by atoms with van der Waals surface area (Å²) in [6.45, 7) is 3.25. The van der Waals surface area contributed by atoms with Gasteiger partial charge in [-0.3, -0.25) is 9.36 Å². The van der Waals surface area contributed by atoms with Gasteiger partial charge in [-0.1, -0.05) is 23.9 Å². The normalized spacial score (nSPS) is 17.5. The van der Waals surface area contributed by atoms with Crippen molar-refractivity contribution in [2.45, 2.75) is 30.6 Å². The zero-order chi connectivity index (χ0) is 21.8. The number of para-hydroxylation sites is 2. The lowest BCUT2D eigenvalue weighted by atomic mass is 10.2. The summed E-state index contributed by atoms with van der Waals surface area (Å²) in [5, 5.41) is 12.4. The number of carbonyl (C=O) groups excluding carboxylic acids is 1. The van der Waals surface area contributed by atoms with E-state index in [-0.39, 0.29) is 17.8 Å². The van der Waals surface area contributed by atoms with E-state index in [0.717, 1.165) is 43.4 Å². The minimum absolute atomic E-state index is 0.0901. The first-order chi connectivity index (χ1) is 15.8. The number of fused-ring (bicyclic) bond motifs is 1. The van der Waals surface area contributed by atoms with Crippen LogP contribution in [0.2, 0.25) is 0 Å². The van der Waals surface area contributed by atoms with Crippen molar-refractivity contribution in [3.63, 3.8) is 0 Å². The number of hydrogen-bond acceptors (Lipinski definition) is 8. The van der Waals surface area contributed by atoms with E-state index in [2.05, 4.69) is 20.4 Å². The third-order valence-electron chi connectivity index (χ3n) is 5.41. The van der Waals surface area contributed by atoms with Crippen molar-refractivity contribution in [3.05, 3.63) is 48.4 Å². The number of benzene rings is 1. The second-order valence-corrected chi connectivity index (χ2v) is 8.68. The van der Waals surface area contributed by atoms with Crippen LogP contribution in [0.5, 0.6) is 11.5 Å². The van der Waals surface area contributed by atoms with Gasteiger partial charge in [-0.15, -0.1) is 10.2 Å². The van der Waals surface area contributed by atoms with Crippen LogP contribution in [0.15, 0.2) is 52.2 Å². The van der Waals surface area contributed by atoms with Gasteiger partial charge in [-0.2, -0.15) is 0 Å². The highest BCUT2D eigenvalue weighted by Crippen LogP contribution is 2.30. The molecule has 2 aliphatic rings. The van der Waals surface area contributed by atoms with Crippen LogP contribution in [-0.4, -0.2) is 58.8 Å². The summed E-state index contributed by atoms with van der Waals surface area (Å²) >= 11 is 1.37. The first-order valence-electron chi connectivity index (χ1n) is 10.7. The fourth-order valence-corrected chi connectivity index (χ4v) is 4.57. The molecule has 1 atom stereocenters. The smallest absolute Gasteiger partial charge is 0.230 e. The number of carbonyl (C=O) groups is 1. The van der Waals surface area contributed by atoms with Crippen LogP contribution >= 0.6 is 11.8 Å². The molecule has 0 aliphatic carbocycles. The molecule has 10 heteroatoms. The molecule has 1 aromatic carbocycles. The van der Waals surface area contributed by atoms with Crippen molar-refractivity contribution in [2.75, 3.05) is 36.9 Å². The molecule has 1 N–H and O–H groups in total.